The van der Waals surface area contributed by atoms with Crippen molar-refractivity contribution in [3.8, 4) is 0 Å². The highest BCUT2D eigenvalue weighted by molar-refractivity contribution is 6.16. The van der Waals surface area contributed by atoms with E-state index in [9.17, 15) is 9.59 Å². The maximum Gasteiger partial charge on any atom is 0.367 e. The Morgan fingerprint density at radius 2 is 1.43 bits per heavy atom. The Hall–Kier alpha value is -3.21. The second-order valence-corrected chi connectivity index (χ2v) is 5.23. The molecular formula is C18H11NO4. The molecule has 0 bridgehead atoms. The third-order valence-electron chi connectivity index (χ3n) is 3.77. The van der Waals surface area contributed by atoms with Crippen LogP contribution in [-0.2, 0) is 14.3 Å². The molecule has 0 unspecified atom stereocenters. The standard InChI is InChI=1S/C18H11NO4/c1-10-6-2-3-7-11(10)16-19-14(18(21)23-16)15-12-8-4-5-9-13(12)17(20)22-15/h2-9H,1H3/b15-14-. The van der Waals surface area contributed by atoms with E-state index in [0.717, 1.165) is 11.1 Å². The van der Waals surface area contributed by atoms with Crippen LogP contribution in [0.25, 0.3) is 5.76 Å². The number of hydrogen-bond acceptors (Lipinski definition) is 5. The second-order valence-electron chi connectivity index (χ2n) is 5.23. The minimum absolute atomic E-state index is 0.0153. The average molecular weight is 305 g/mol. The summed E-state index contributed by atoms with van der Waals surface area (Å²) in [5.41, 5.74) is 2.66. The van der Waals surface area contributed by atoms with Crippen molar-refractivity contribution in [1.29, 1.82) is 0 Å². The Bertz CT molecular complexity index is 924. The largest absolute Gasteiger partial charge is 0.420 e. The lowest BCUT2D eigenvalue weighted by Crippen LogP contribution is -2.07. The smallest absolute Gasteiger partial charge is 0.367 e. The Balaban J connectivity index is 1.86. The quantitative estimate of drug-likeness (QED) is 0.600. The number of fused-ring (bicyclic) bond motifs is 1. The number of aliphatic imine (C=N–C) groups is 1. The van der Waals surface area contributed by atoms with Crippen LogP contribution in [0.1, 0.15) is 27.0 Å². The van der Waals surface area contributed by atoms with Crippen LogP contribution < -0.4 is 0 Å². The molecule has 0 amide bonds. The van der Waals surface area contributed by atoms with Gasteiger partial charge in [0.05, 0.1) is 5.56 Å². The van der Waals surface area contributed by atoms with E-state index in [1.54, 1.807) is 24.3 Å². The molecule has 2 aromatic rings. The topological polar surface area (TPSA) is 65.0 Å². The van der Waals surface area contributed by atoms with E-state index in [4.69, 9.17) is 9.47 Å². The summed E-state index contributed by atoms with van der Waals surface area (Å²) < 4.78 is 10.5. The number of benzene rings is 2. The van der Waals surface area contributed by atoms with Gasteiger partial charge in [-0.3, -0.25) is 0 Å². The van der Waals surface area contributed by atoms with Crippen molar-refractivity contribution >= 4 is 23.6 Å². The molecule has 0 aromatic heterocycles. The highest BCUT2D eigenvalue weighted by Gasteiger charge is 2.35. The molecule has 0 fully saturated rings. The first kappa shape index (κ1) is 13.5. The summed E-state index contributed by atoms with van der Waals surface area (Å²) >= 11 is 0. The fourth-order valence-corrected chi connectivity index (χ4v) is 2.62. The predicted octanol–water partition coefficient (Wildman–Crippen LogP) is 2.84. The molecule has 0 spiro atoms. The molecule has 0 N–H and O–H groups in total. The van der Waals surface area contributed by atoms with Gasteiger partial charge >= 0.3 is 11.9 Å². The van der Waals surface area contributed by atoms with E-state index >= 15 is 0 Å². The number of cyclic esters (lactones) is 2. The third-order valence-corrected chi connectivity index (χ3v) is 3.77. The first-order valence-corrected chi connectivity index (χ1v) is 7.08. The third kappa shape index (κ3) is 2.05. The number of rotatable bonds is 1. The van der Waals surface area contributed by atoms with E-state index < -0.39 is 11.9 Å². The molecule has 2 aromatic carbocycles. The zero-order chi connectivity index (χ0) is 16.0. The molecule has 4 rings (SSSR count). The summed E-state index contributed by atoms with van der Waals surface area (Å²) in [7, 11) is 0. The van der Waals surface area contributed by atoms with Gasteiger partial charge in [-0.2, -0.15) is 0 Å². The van der Waals surface area contributed by atoms with E-state index in [-0.39, 0.29) is 17.4 Å². The van der Waals surface area contributed by atoms with Gasteiger partial charge in [0.25, 0.3) is 0 Å². The lowest BCUT2D eigenvalue weighted by atomic mass is 10.1. The maximum atomic E-state index is 12.2. The summed E-state index contributed by atoms with van der Waals surface area (Å²) in [5, 5.41) is 0. The van der Waals surface area contributed by atoms with Crippen LogP contribution in [0.5, 0.6) is 0 Å². The lowest BCUT2D eigenvalue weighted by Gasteiger charge is -2.02. The predicted molar refractivity (Wildman–Crippen MR) is 82.6 cm³/mol. The molecule has 0 saturated carbocycles. The summed E-state index contributed by atoms with van der Waals surface area (Å²) in [4.78, 5) is 28.3. The first-order chi connectivity index (χ1) is 11.1. The molecular weight excluding hydrogens is 294 g/mol. The summed E-state index contributed by atoms with van der Waals surface area (Å²) in [6, 6.07) is 14.3. The van der Waals surface area contributed by atoms with Crippen LogP contribution in [0.15, 0.2) is 59.2 Å². The van der Waals surface area contributed by atoms with Crippen molar-refractivity contribution in [2.75, 3.05) is 0 Å². The van der Waals surface area contributed by atoms with Crippen molar-refractivity contribution in [2.45, 2.75) is 6.92 Å². The van der Waals surface area contributed by atoms with Crippen molar-refractivity contribution in [1.82, 2.24) is 0 Å². The van der Waals surface area contributed by atoms with Crippen LogP contribution in [0.2, 0.25) is 0 Å². The van der Waals surface area contributed by atoms with E-state index in [0.29, 0.717) is 11.1 Å². The molecule has 2 heterocycles. The van der Waals surface area contributed by atoms with E-state index in [2.05, 4.69) is 4.99 Å². The fraction of sp³-hybridized carbons (Fsp3) is 0.0556. The minimum Gasteiger partial charge on any atom is -0.420 e. The average Bonchev–Trinajstić information content (AvgIpc) is 3.09. The lowest BCUT2D eigenvalue weighted by molar-refractivity contribution is -0.130. The molecule has 0 radical (unpaired) electrons. The molecule has 2 aliphatic heterocycles. The first-order valence-electron chi connectivity index (χ1n) is 7.08. The number of esters is 2. The van der Waals surface area contributed by atoms with E-state index in [1.807, 2.05) is 31.2 Å². The van der Waals surface area contributed by atoms with Gasteiger partial charge in [-0.15, -0.1) is 0 Å². The molecule has 5 heteroatoms. The maximum absolute atomic E-state index is 12.2. The molecule has 5 nitrogen and oxygen atoms in total. The van der Waals surface area contributed by atoms with Crippen molar-refractivity contribution < 1.29 is 19.1 Å². The molecule has 0 saturated heterocycles. The van der Waals surface area contributed by atoms with Crippen LogP contribution >= 0.6 is 0 Å². The number of ether oxygens (including phenoxy) is 2. The SMILES string of the molecule is Cc1ccccc1C1=N/C(=C2\OC(=O)c3ccccc32)C(=O)O1. The number of hydrogen-bond donors (Lipinski definition) is 0. The summed E-state index contributed by atoms with van der Waals surface area (Å²) in [5.74, 6) is -0.742. The number of carbonyl (C=O) groups excluding carboxylic acids is 2. The zero-order valence-electron chi connectivity index (χ0n) is 12.2. The minimum atomic E-state index is -0.622. The van der Waals surface area contributed by atoms with Crippen LogP contribution in [0.3, 0.4) is 0 Å². The van der Waals surface area contributed by atoms with Gasteiger partial charge in [0.1, 0.15) is 0 Å². The van der Waals surface area contributed by atoms with E-state index in [1.165, 1.54) is 0 Å². The highest BCUT2D eigenvalue weighted by Crippen LogP contribution is 2.34. The summed E-state index contributed by atoms with van der Waals surface area (Å²) in [6.45, 7) is 1.90. The molecule has 0 aliphatic carbocycles. The van der Waals surface area contributed by atoms with Gasteiger partial charge in [0.2, 0.25) is 5.90 Å². The van der Waals surface area contributed by atoms with Gasteiger partial charge in [-0.1, -0.05) is 36.4 Å². The van der Waals surface area contributed by atoms with Crippen LogP contribution in [0, 0.1) is 6.92 Å². The fourth-order valence-electron chi connectivity index (χ4n) is 2.62. The van der Waals surface area contributed by atoms with Crippen molar-refractivity contribution in [3.05, 3.63) is 76.5 Å². The van der Waals surface area contributed by atoms with Gasteiger partial charge in [-0.05, 0) is 24.6 Å². The Morgan fingerprint density at radius 3 is 2.17 bits per heavy atom. The zero-order valence-corrected chi connectivity index (χ0v) is 12.2. The second kappa shape index (κ2) is 4.91. The van der Waals surface area contributed by atoms with Gasteiger partial charge in [-0.25, -0.2) is 14.6 Å². The Kier molecular flexibility index (Phi) is 2.87. The molecule has 112 valence electrons. The Morgan fingerprint density at radius 1 is 0.783 bits per heavy atom. The molecule has 23 heavy (non-hydrogen) atoms. The monoisotopic (exact) mass is 305 g/mol. The summed E-state index contributed by atoms with van der Waals surface area (Å²) in [6.07, 6.45) is 0. The molecule has 2 aliphatic rings. The van der Waals surface area contributed by atoms with Gasteiger partial charge in [0.15, 0.2) is 11.5 Å². The number of aryl methyl sites for hydroxylation is 1. The Labute approximate surface area is 131 Å². The van der Waals surface area contributed by atoms with Gasteiger partial charge in [0, 0.05) is 11.1 Å². The highest BCUT2D eigenvalue weighted by atomic mass is 16.6. The number of nitrogens with zero attached hydrogens (tertiary/aromatic N) is 1. The van der Waals surface area contributed by atoms with Crippen molar-refractivity contribution in [3.63, 3.8) is 0 Å². The van der Waals surface area contributed by atoms with Crippen LogP contribution in [0.4, 0.5) is 0 Å². The van der Waals surface area contributed by atoms with Crippen molar-refractivity contribution in [2.24, 2.45) is 4.99 Å². The van der Waals surface area contributed by atoms with Crippen LogP contribution in [-0.4, -0.2) is 17.8 Å². The normalized spacial score (nSPS) is 19.3. The number of carbonyl (C=O) groups is 2. The molecule has 0 atom stereocenters. The van der Waals surface area contributed by atoms with Gasteiger partial charge < -0.3 is 9.47 Å².